The van der Waals surface area contributed by atoms with Gasteiger partial charge in [0.05, 0.1) is 5.56 Å². The summed E-state index contributed by atoms with van der Waals surface area (Å²) in [5, 5.41) is 2.14. The van der Waals surface area contributed by atoms with Crippen LogP contribution >= 0.6 is 0 Å². The third kappa shape index (κ3) is 6.10. The van der Waals surface area contributed by atoms with E-state index in [2.05, 4.69) is 0 Å². The fourth-order valence-electron chi connectivity index (χ4n) is 4.64. The number of fused-ring (bicyclic) bond motifs is 1. The Hall–Kier alpha value is -3.26. The molecule has 1 aliphatic heterocycles. The van der Waals surface area contributed by atoms with Crippen molar-refractivity contribution in [3.05, 3.63) is 71.8 Å². The molecule has 0 aromatic heterocycles. The smallest absolute Gasteiger partial charge is 0.416 e. The van der Waals surface area contributed by atoms with Crippen molar-refractivity contribution < 1.29 is 22.7 Å². The Morgan fingerprint density at radius 2 is 1.67 bits per heavy atom. The number of nitrogens with two attached hydrogens (primary N) is 1. The molecule has 0 radical (unpaired) electrons. The summed E-state index contributed by atoms with van der Waals surface area (Å²) < 4.78 is 45.9. The van der Waals surface area contributed by atoms with Gasteiger partial charge in [-0.2, -0.15) is 13.2 Å². The van der Waals surface area contributed by atoms with Gasteiger partial charge in [-0.1, -0.05) is 44.2 Å². The summed E-state index contributed by atoms with van der Waals surface area (Å²) in [7, 11) is 0. The van der Waals surface area contributed by atoms with Crippen LogP contribution in [0.15, 0.2) is 60.7 Å². The monoisotopic (exact) mass is 499 g/mol. The molecule has 4 rings (SSSR count). The molecule has 2 N–H and O–H groups in total. The van der Waals surface area contributed by atoms with Gasteiger partial charge in [0.2, 0.25) is 0 Å². The van der Waals surface area contributed by atoms with Crippen LogP contribution in [0.1, 0.15) is 37.4 Å². The minimum absolute atomic E-state index is 0.0663. The molecule has 36 heavy (non-hydrogen) atoms. The predicted molar refractivity (Wildman–Crippen MR) is 136 cm³/mol. The number of ether oxygens (including phenoxy) is 1. The number of alkyl halides is 3. The minimum Gasteiger partial charge on any atom is -0.484 e. The number of halogens is 3. The summed E-state index contributed by atoms with van der Waals surface area (Å²) in [6, 6.07) is 16.9. The average molecular weight is 500 g/mol. The molecule has 0 spiro atoms. The maximum absolute atomic E-state index is 13.4. The minimum atomic E-state index is -4.43. The lowest BCUT2D eigenvalue weighted by molar-refractivity contribution is -0.137. The molecule has 8 heteroatoms. The van der Waals surface area contributed by atoms with Gasteiger partial charge in [-0.15, -0.1) is 0 Å². The van der Waals surface area contributed by atoms with E-state index in [1.54, 1.807) is 4.90 Å². The Balaban J connectivity index is 1.40. The van der Waals surface area contributed by atoms with Crippen molar-refractivity contribution in [1.82, 2.24) is 4.90 Å². The summed E-state index contributed by atoms with van der Waals surface area (Å²) >= 11 is 0. The van der Waals surface area contributed by atoms with Crippen molar-refractivity contribution in [1.29, 1.82) is 0 Å². The molecule has 1 fully saturated rings. The van der Waals surface area contributed by atoms with Gasteiger partial charge in [0.1, 0.15) is 5.75 Å². The number of carbonyl (C=O) groups excluding carboxylic acids is 1. The number of amides is 1. The zero-order valence-corrected chi connectivity index (χ0v) is 20.6. The molecule has 1 heterocycles. The number of hydrogen-bond donors (Lipinski definition) is 1. The number of hydrogen-bond acceptors (Lipinski definition) is 4. The normalized spacial score (nSPS) is 15.4. The van der Waals surface area contributed by atoms with Crippen LogP contribution in [0, 0.1) is 5.92 Å². The maximum atomic E-state index is 13.4. The molecule has 0 aliphatic carbocycles. The summed E-state index contributed by atoms with van der Waals surface area (Å²) in [4.78, 5) is 16.5. The highest BCUT2D eigenvalue weighted by atomic mass is 19.4. The van der Waals surface area contributed by atoms with E-state index >= 15 is 0 Å². The van der Waals surface area contributed by atoms with Crippen molar-refractivity contribution >= 4 is 22.4 Å². The van der Waals surface area contributed by atoms with Gasteiger partial charge >= 0.3 is 6.18 Å². The standard InChI is InChI=1S/C28H32F3N3O2/c1-19(2)15-25(32)24-17-22(28(29,30)31)8-10-26(24)33-11-13-34(14-12-33)27(35)18-36-23-9-7-20-5-3-4-6-21(20)16-23/h3-10,16-17,19,25H,11-15,18,32H2,1-2H3/t25-/m0/s1. The largest absolute Gasteiger partial charge is 0.484 e. The van der Waals surface area contributed by atoms with Gasteiger partial charge in [-0.25, -0.2) is 0 Å². The van der Waals surface area contributed by atoms with Crippen LogP contribution in [0.25, 0.3) is 10.8 Å². The molecule has 1 atom stereocenters. The second-order valence-electron chi connectivity index (χ2n) is 9.67. The van der Waals surface area contributed by atoms with Crippen LogP contribution < -0.4 is 15.4 Å². The lowest BCUT2D eigenvalue weighted by Gasteiger charge is -2.38. The quantitative estimate of drug-likeness (QED) is 0.458. The molecule has 192 valence electrons. The van der Waals surface area contributed by atoms with Crippen LogP contribution in [-0.4, -0.2) is 43.6 Å². The van der Waals surface area contributed by atoms with Crippen LogP contribution in [0.2, 0.25) is 0 Å². The predicted octanol–water partition coefficient (Wildman–Crippen LogP) is 5.63. The zero-order chi connectivity index (χ0) is 25.9. The maximum Gasteiger partial charge on any atom is 0.416 e. The second kappa shape index (κ2) is 10.8. The molecule has 0 saturated carbocycles. The molecule has 1 saturated heterocycles. The number of anilines is 1. The molecule has 0 unspecified atom stereocenters. The van der Waals surface area contributed by atoms with Crippen molar-refractivity contribution in [3.8, 4) is 5.75 Å². The highest BCUT2D eigenvalue weighted by Crippen LogP contribution is 2.36. The first kappa shape index (κ1) is 25.8. The molecular weight excluding hydrogens is 467 g/mol. The van der Waals surface area contributed by atoms with Crippen LogP contribution in [0.3, 0.4) is 0 Å². The van der Waals surface area contributed by atoms with E-state index in [4.69, 9.17) is 10.5 Å². The Labute approximate surface area is 209 Å². The Kier molecular flexibility index (Phi) is 7.73. The number of nitrogens with zero attached hydrogens (tertiary/aromatic N) is 2. The van der Waals surface area contributed by atoms with Gasteiger partial charge in [0, 0.05) is 37.9 Å². The van der Waals surface area contributed by atoms with E-state index in [0.29, 0.717) is 49.6 Å². The summed E-state index contributed by atoms with van der Waals surface area (Å²) in [6.45, 7) is 5.86. The topological polar surface area (TPSA) is 58.8 Å². The van der Waals surface area contributed by atoms with E-state index in [-0.39, 0.29) is 18.4 Å². The highest BCUT2D eigenvalue weighted by Gasteiger charge is 2.33. The van der Waals surface area contributed by atoms with Gasteiger partial charge in [0.25, 0.3) is 5.91 Å². The van der Waals surface area contributed by atoms with E-state index in [9.17, 15) is 18.0 Å². The Morgan fingerprint density at radius 1 is 0.972 bits per heavy atom. The van der Waals surface area contributed by atoms with E-state index in [1.807, 2.05) is 61.2 Å². The molecular formula is C28H32F3N3O2. The van der Waals surface area contributed by atoms with Gasteiger partial charge in [-0.05, 0) is 59.0 Å². The van der Waals surface area contributed by atoms with Crippen molar-refractivity contribution in [2.45, 2.75) is 32.5 Å². The van der Waals surface area contributed by atoms with Crippen LogP contribution in [0.5, 0.6) is 5.75 Å². The van der Waals surface area contributed by atoms with Crippen LogP contribution in [0.4, 0.5) is 18.9 Å². The number of rotatable bonds is 7. The third-order valence-electron chi connectivity index (χ3n) is 6.54. The molecule has 0 bridgehead atoms. The zero-order valence-electron chi connectivity index (χ0n) is 20.6. The first-order valence-corrected chi connectivity index (χ1v) is 12.2. The molecule has 1 amide bonds. The van der Waals surface area contributed by atoms with Crippen molar-refractivity contribution in [3.63, 3.8) is 0 Å². The highest BCUT2D eigenvalue weighted by molar-refractivity contribution is 5.84. The Morgan fingerprint density at radius 3 is 2.33 bits per heavy atom. The molecule has 3 aromatic carbocycles. The van der Waals surface area contributed by atoms with Gasteiger partial charge in [0.15, 0.2) is 6.61 Å². The lowest BCUT2D eigenvalue weighted by Crippen LogP contribution is -2.50. The average Bonchev–Trinajstić information content (AvgIpc) is 2.86. The SMILES string of the molecule is CC(C)C[C@H](N)c1cc(C(F)(F)F)ccc1N1CCN(C(=O)COc2ccc3ccccc3c2)CC1. The third-order valence-corrected chi connectivity index (χ3v) is 6.54. The number of piperazine rings is 1. The van der Waals surface area contributed by atoms with Crippen molar-refractivity contribution in [2.75, 3.05) is 37.7 Å². The number of carbonyl (C=O) groups is 1. The molecule has 3 aromatic rings. The van der Waals surface area contributed by atoms with Gasteiger partial charge in [-0.3, -0.25) is 4.79 Å². The van der Waals surface area contributed by atoms with E-state index in [0.717, 1.165) is 16.8 Å². The number of benzene rings is 3. The van der Waals surface area contributed by atoms with Crippen LogP contribution in [-0.2, 0) is 11.0 Å². The Bertz CT molecular complexity index is 1200. The second-order valence-corrected chi connectivity index (χ2v) is 9.67. The van der Waals surface area contributed by atoms with Crippen molar-refractivity contribution in [2.24, 2.45) is 11.7 Å². The first-order valence-electron chi connectivity index (χ1n) is 12.2. The fraction of sp³-hybridized carbons (Fsp3) is 0.393. The lowest BCUT2D eigenvalue weighted by atomic mass is 9.94. The molecule has 1 aliphatic rings. The van der Waals surface area contributed by atoms with E-state index < -0.39 is 17.8 Å². The summed E-state index contributed by atoms with van der Waals surface area (Å²) in [5.41, 5.74) is 6.85. The first-order chi connectivity index (χ1) is 17.1. The van der Waals surface area contributed by atoms with Gasteiger partial charge < -0.3 is 20.3 Å². The fourth-order valence-corrected chi connectivity index (χ4v) is 4.64. The van der Waals surface area contributed by atoms with E-state index in [1.165, 1.54) is 12.1 Å². The molecule has 5 nitrogen and oxygen atoms in total. The summed E-state index contributed by atoms with van der Waals surface area (Å²) in [6.07, 6.45) is -3.85. The summed E-state index contributed by atoms with van der Waals surface area (Å²) in [5.74, 6) is 0.764.